The Balaban J connectivity index is 1.40. The molecule has 1 aliphatic rings. The van der Waals surface area contributed by atoms with Crippen LogP contribution in [0, 0.1) is 12.8 Å². The van der Waals surface area contributed by atoms with E-state index in [1.54, 1.807) is 12.5 Å². The van der Waals surface area contributed by atoms with Gasteiger partial charge < -0.3 is 10.2 Å². The van der Waals surface area contributed by atoms with Crippen LogP contribution in [0.25, 0.3) is 5.82 Å². The number of nitrogens with one attached hydrogen (secondary N) is 1. The van der Waals surface area contributed by atoms with Crippen molar-refractivity contribution >= 4 is 11.6 Å². The van der Waals surface area contributed by atoms with E-state index in [4.69, 9.17) is 0 Å². The van der Waals surface area contributed by atoms with Crippen LogP contribution >= 0.6 is 0 Å². The van der Waals surface area contributed by atoms with Crippen molar-refractivity contribution in [3.05, 3.63) is 54.5 Å². The Morgan fingerprint density at radius 3 is 2.81 bits per heavy atom. The number of imidazole rings is 1. The van der Waals surface area contributed by atoms with Gasteiger partial charge in [-0.3, -0.25) is 4.57 Å². The lowest BCUT2D eigenvalue weighted by Gasteiger charge is -2.31. The van der Waals surface area contributed by atoms with Crippen molar-refractivity contribution in [1.82, 2.24) is 24.5 Å². The summed E-state index contributed by atoms with van der Waals surface area (Å²) in [6.07, 6.45) is 9.74. The van der Waals surface area contributed by atoms with E-state index in [-0.39, 0.29) is 0 Å². The third-order valence-electron chi connectivity index (χ3n) is 4.99. The zero-order valence-electron chi connectivity index (χ0n) is 15.8. The van der Waals surface area contributed by atoms with Gasteiger partial charge in [-0.1, -0.05) is 13.0 Å². The molecule has 0 amide bonds. The first-order chi connectivity index (χ1) is 13.2. The van der Waals surface area contributed by atoms with E-state index >= 15 is 0 Å². The summed E-state index contributed by atoms with van der Waals surface area (Å²) < 4.78 is 1.97. The average Bonchev–Trinajstić information content (AvgIpc) is 3.13. The van der Waals surface area contributed by atoms with Crippen molar-refractivity contribution in [3.8, 4) is 5.82 Å². The van der Waals surface area contributed by atoms with Crippen molar-refractivity contribution in [3.63, 3.8) is 0 Å². The van der Waals surface area contributed by atoms with E-state index < -0.39 is 0 Å². The third-order valence-corrected chi connectivity index (χ3v) is 4.99. The second-order valence-electron chi connectivity index (χ2n) is 7.18. The van der Waals surface area contributed by atoms with E-state index in [2.05, 4.69) is 43.1 Å². The van der Waals surface area contributed by atoms with Crippen molar-refractivity contribution in [2.24, 2.45) is 5.92 Å². The minimum atomic E-state index is 0.670. The second-order valence-corrected chi connectivity index (χ2v) is 7.18. The van der Waals surface area contributed by atoms with Gasteiger partial charge in [0, 0.05) is 44.3 Å². The van der Waals surface area contributed by atoms with Crippen molar-refractivity contribution in [1.29, 1.82) is 0 Å². The molecule has 4 rings (SSSR count). The van der Waals surface area contributed by atoms with Crippen LogP contribution in [0.4, 0.5) is 11.6 Å². The molecule has 0 saturated carbocycles. The molecular weight excluding hydrogens is 338 g/mol. The molecule has 0 spiro atoms. The molecule has 1 fully saturated rings. The number of aromatic nitrogens is 5. The highest BCUT2D eigenvalue weighted by Gasteiger charge is 2.17. The first kappa shape index (κ1) is 17.5. The summed E-state index contributed by atoms with van der Waals surface area (Å²) in [5, 5.41) is 3.38. The van der Waals surface area contributed by atoms with E-state index in [1.165, 1.54) is 12.8 Å². The molecule has 4 heterocycles. The SMILES string of the molecule is Cc1nccn1-c1ccc(CNc2cc(N3CCCC(C)C3)ncn2)cn1. The molecule has 1 atom stereocenters. The Hall–Kier alpha value is -2.96. The zero-order valence-corrected chi connectivity index (χ0v) is 15.8. The lowest BCUT2D eigenvalue weighted by Crippen LogP contribution is -2.34. The highest BCUT2D eigenvalue weighted by molar-refractivity contribution is 5.49. The Morgan fingerprint density at radius 1 is 1.15 bits per heavy atom. The van der Waals surface area contributed by atoms with Crippen molar-refractivity contribution < 1.29 is 0 Å². The number of hydrogen-bond donors (Lipinski definition) is 1. The van der Waals surface area contributed by atoms with Crippen LogP contribution in [0.3, 0.4) is 0 Å². The number of rotatable bonds is 5. The average molecular weight is 363 g/mol. The number of aryl methyl sites for hydroxylation is 1. The largest absolute Gasteiger partial charge is 0.366 e. The summed E-state index contributed by atoms with van der Waals surface area (Å²) in [6, 6.07) is 6.12. The minimum Gasteiger partial charge on any atom is -0.366 e. The molecule has 7 nitrogen and oxygen atoms in total. The predicted molar refractivity (Wildman–Crippen MR) is 106 cm³/mol. The molecule has 7 heteroatoms. The Kier molecular flexibility index (Phi) is 5.00. The van der Waals surface area contributed by atoms with Gasteiger partial charge in [0.05, 0.1) is 0 Å². The van der Waals surface area contributed by atoms with E-state index in [1.807, 2.05) is 36.0 Å². The van der Waals surface area contributed by atoms with Gasteiger partial charge in [0.15, 0.2) is 0 Å². The smallest absolute Gasteiger partial charge is 0.137 e. The van der Waals surface area contributed by atoms with Gasteiger partial charge in [0.25, 0.3) is 0 Å². The molecular formula is C20H25N7. The normalized spacial score (nSPS) is 17.1. The van der Waals surface area contributed by atoms with Crippen LogP contribution in [-0.2, 0) is 6.54 Å². The zero-order chi connectivity index (χ0) is 18.6. The summed E-state index contributed by atoms with van der Waals surface area (Å²) in [7, 11) is 0. The number of anilines is 2. The topological polar surface area (TPSA) is 71.8 Å². The van der Waals surface area contributed by atoms with E-state index in [0.29, 0.717) is 12.5 Å². The number of hydrogen-bond acceptors (Lipinski definition) is 6. The molecule has 1 unspecified atom stereocenters. The third kappa shape index (κ3) is 4.07. The second kappa shape index (κ2) is 7.73. The molecule has 140 valence electrons. The first-order valence-electron chi connectivity index (χ1n) is 9.45. The van der Waals surface area contributed by atoms with Gasteiger partial charge in [0.2, 0.25) is 0 Å². The number of nitrogens with zero attached hydrogens (tertiary/aromatic N) is 6. The van der Waals surface area contributed by atoms with Gasteiger partial charge in [-0.25, -0.2) is 19.9 Å². The van der Waals surface area contributed by atoms with Gasteiger partial charge in [-0.05, 0) is 37.3 Å². The maximum Gasteiger partial charge on any atom is 0.137 e. The standard InChI is InChI=1S/C20H25N7/c1-15-4-3-8-26(13-15)20-10-18(24-14-25-20)22-11-17-5-6-19(23-12-17)27-9-7-21-16(27)2/h5-7,9-10,12,14-15H,3-4,8,11,13H2,1-2H3,(H,22,24,25). The number of piperidine rings is 1. The van der Waals surface area contributed by atoms with Crippen molar-refractivity contribution in [2.75, 3.05) is 23.3 Å². The van der Waals surface area contributed by atoms with Crippen LogP contribution < -0.4 is 10.2 Å². The predicted octanol–water partition coefficient (Wildman–Crippen LogP) is 3.21. The van der Waals surface area contributed by atoms with Gasteiger partial charge in [-0.15, -0.1) is 0 Å². The van der Waals surface area contributed by atoms with Crippen LogP contribution in [-0.4, -0.2) is 37.6 Å². The monoisotopic (exact) mass is 363 g/mol. The minimum absolute atomic E-state index is 0.670. The Bertz CT molecular complexity index is 887. The summed E-state index contributed by atoms with van der Waals surface area (Å²) in [5.74, 6) is 4.36. The summed E-state index contributed by atoms with van der Waals surface area (Å²) >= 11 is 0. The van der Waals surface area contributed by atoms with Crippen molar-refractivity contribution in [2.45, 2.75) is 33.2 Å². The Morgan fingerprint density at radius 2 is 2.07 bits per heavy atom. The summed E-state index contributed by atoms with van der Waals surface area (Å²) in [4.78, 5) is 19.9. The maximum atomic E-state index is 4.54. The van der Waals surface area contributed by atoms with Gasteiger partial charge in [-0.2, -0.15) is 0 Å². The van der Waals surface area contributed by atoms with E-state index in [9.17, 15) is 0 Å². The fourth-order valence-electron chi connectivity index (χ4n) is 3.49. The highest BCUT2D eigenvalue weighted by atomic mass is 15.2. The summed E-state index contributed by atoms with van der Waals surface area (Å²) in [5.41, 5.74) is 1.10. The molecule has 27 heavy (non-hydrogen) atoms. The van der Waals surface area contributed by atoms with Gasteiger partial charge >= 0.3 is 0 Å². The molecule has 0 radical (unpaired) electrons. The van der Waals surface area contributed by atoms with Crippen LogP contribution in [0.1, 0.15) is 31.2 Å². The lowest BCUT2D eigenvalue weighted by atomic mass is 10.0. The fraction of sp³-hybridized carbons (Fsp3) is 0.400. The molecule has 1 saturated heterocycles. The quantitative estimate of drug-likeness (QED) is 0.750. The molecule has 3 aromatic rings. The highest BCUT2D eigenvalue weighted by Crippen LogP contribution is 2.22. The Labute approximate surface area is 159 Å². The van der Waals surface area contributed by atoms with E-state index in [0.717, 1.165) is 41.9 Å². The molecule has 3 aromatic heterocycles. The molecule has 1 N–H and O–H groups in total. The first-order valence-corrected chi connectivity index (χ1v) is 9.45. The fourth-order valence-corrected chi connectivity index (χ4v) is 3.49. The maximum absolute atomic E-state index is 4.54. The summed E-state index contributed by atoms with van der Waals surface area (Å²) in [6.45, 7) is 7.07. The molecule has 0 aliphatic carbocycles. The molecule has 0 aromatic carbocycles. The van der Waals surface area contributed by atoms with Gasteiger partial charge in [0.1, 0.15) is 29.6 Å². The number of pyridine rings is 1. The molecule has 0 bridgehead atoms. The van der Waals surface area contributed by atoms with Crippen LogP contribution in [0.5, 0.6) is 0 Å². The lowest BCUT2D eigenvalue weighted by molar-refractivity contribution is 0.444. The van der Waals surface area contributed by atoms with Crippen LogP contribution in [0.2, 0.25) is 0 Å². The molecule has 1 aliphatic heterocycles. The van der Waals surface area contributed by atoms with Crippen LogP contribution in [0.15, 0.2) is 43.1 Å².